The number of amides is 1. The SMILES string of the molecule is Cc1cc(F)cc(NC(=O)CN2CCOCC2)c1. The van der Waals surface area contributed by atoms with Crippen LogP contribution >= 0.6 is 0 Å². The zero-order valence-corrected chi connectivity index (χ0v) is 10.4. The number of ether oxygens (including phenoxy) is 1. The maximum atomic E-state index is 13.2. The van der Waals surface area contributed by atoms with E-state index in [-0.39, 0.29) is 11.7 Å². The summed E-state index contributed by atoms with van der Waals surface area (Å²) in [5.41, 5.74) is 1.29. The molecule has 1 amide bonds. The first-order valence-electron chi connectivity index (χ1n) is 6.00. The van der Waals surface area contributed by atoms with Gasteiger partial charge in [-0.15, -0.1) is 0 Å². The summed E-state index contributed by atoms with van der Waals surface area (Å²) in [5, 5.41) is 2.71. The fourth-order valence-corrected chi connectivity index (χ4v) is 1.97. The Kier molecular flexibility index (Phi) is 4.28. The van der Waals surface area contributed by atoms with E-state index in [0.717, 1.165) is 18.7 Å². The molecule has 0 radical (unpaired) electrons. The normalized spacial score (nSPS) is 16.6. The van der Waals surface area contributed by atoms with Gasteiger partial charge in [0.25, 0.3) is 0 Å². The number of nitrogens with zero attached hydrogens (tertiary/aromatic N) is 1. The van der Waals surface area contributed by atoms with Gasteiger partial charge in [-0.2, -0.15) is 0 Å². The summed E-state index contributed by atoms with van der Waals surface area (Å²) in [4.78, 5) is 13.8. The van der Waals surface area contributed by atoms with Gasteiger partial charge >= 0.3 is 0 Å². The zero-order chi connectivity index (χ0) is 13.0. The molecule has 0 bridgehead atoms. The van der Waals surface area contributed by atoms with Crippen LogP contribution in [0.1, 0.15) is 5.56 Å². The first-order chi connectivity index (χ1) is 8.63. The molecule has 5 heteroatoms. The van der Waals surface area contributed by atoms with Crippen LogP contribution in [0.3, 0.4) is 0 Å². The standard InChI is InChI=1S/C13H17FN2O2/c1-10-6-11(14)8-12(7-10)15-13(17)9-16-2-4-18-5-3-16/h6-8H,2-5,9H2,1H3,(H,15,17). The van der Waals surface area contributed by atoms with E-state index in [0.29, 0.717) is 25.4 Å². The van der Waals surface area contributed by atoms with Crippen molar-refractivity contribution in [2.45, 2.75) is 6.92 Å². The van der Waals surface area contributed by atoms with Crippen molar-refractivity contribution in [2.24, 2.45) is 0 Å². The molecule has 0 atom stereocenters. The predicted molar refractivity (Wildman–Crippen MR) is 67.0 cm³/mol. The molecule has 0 saturated carbocycles. The van der Waals surface area contributed by atoms with Crippen LogP contribution in [0, 0.1) is 12.7 Å². The molecule has 0 unspecified atom stereocenters. The van der Waals surface area contributed by atoms with Crippen molar-refractivity contribution >= 4 is 11.6 Å². The van der Waals surface area contributed by atoms with Crippen molar-refractivity contribution in [1.82, 2.24) is 4.90 Å². The van der Waals surface area contributed by atoms with Crippen LogP contribution in [-0.4, -0.2) is 43.7 Å². The number of carbonyl (C=O) groups excluding carboxylic acids is 1. The lowest BCUT2D eigenvalue weighted by Gasteiger charge is -2.25. The Morgan fingerprint density at radius 3 is 2.78 bits per heavy atom. The topological polar surface area (TPSA) is 41.6 Å². The third kappa shape index (κ3) is 3.78. The first kappa shape index (κ1) is 13.0. The number of hydrogen-bond acceptors (Lipinski definition) is 3. The number of halogens is 1. The molecule has 0 aromatic heterocycles. The molecule has 1 saturated heterocycles. The van der Waals surface area contributed by atoms with Gasteiger partial charge in [0.05, 0.1) is 19.8 Å². The molecule has 0 spiro atoms. The van der Waals surface area contributed by atoms with Crippen LogP contribution in [0.5, 0.6) is 0 Å². The molecule has 1 heterocycles. The van der Waals surface area contributed by atoms with E-state index in [1.165, 1.54) is 12.1 Å². The molecule has 1 aromatic carbocycles. The fourth-order valence-electron chi connectivity index (χ4n) is 1.97. The average molecular weight is 252 g/mol. The van der Waals surface area contributed by atoms with Crippen molar-refractivity contribution < 1.29 is 13.9 Å². The molecule has 2 rings (SSSR count). The van der Waals surface area contributed by atoms with Gasteiger partial charge in [0.1, 0.15) is 5.82 Å². The summed E-state index contributed by atoms with van der Waals surface area (Å²) in [6.45, 7) is 4.95. The lowest BCUT2D eigenvalue weighted by molar-refractivity contribution is -0.118. The van der Waals surface area contributed by atoms with Crippen LogP contribution in [0.4, 0.5) is 10.1 Å². The Balaban J connectivity index is 1.89. The maximum absolute atomic E-state index is 13.2. The van der Waals surface area contributed by atoms with E-state index in [4.69, 9.17) is 4.74 Å². The van der Waals surface area contributed by atoms with Gasteiger partial charge in [-0.1, -0.05) is 0 Å². The number of carbonyl (C=O) groups is 1. The number of nitrogens with one attached hydrogen (secondary N) is 1. The summed E-state index contributed by atoms with van der Waals surface area (Å²) in [5.74, 6) is -0.460. The summed E-state index contributed by atoms with van der Waals surface area (Å²) in [7, 11) is 0. The third-order valence-electron chi connectivity index (χ3n) is 2.80. The molecule has 1 aliphatic rings. The number of morpholine rings is 1. The van der Waals surface area contributed by atoms with E-state index in [1.54, 1.807) is 13.0 Å². The van der Waals surface area contributed by atoms with E-state index in [1.807, 2.05) is 4.90 Å². The van der Waals surface area contributed by atoms with Gasteiger partial charge in [-0.05, 0) is 30.7 Å². The molecule has 0 aliphatic carbocycles. The first-order valence-corrected chi connectivity index (χ1v) is 6.00. The quantitative estimate of drug-likeness (QED) is 0.884. The smallest absolute Gasteiger partial charge is 0.238 e. The van der Waals surface area contributed by atoms with Crippen LogP contribution in [0.15, 0.2) is 18.2 Å². The number of aryl methyl sites for hydroxylation is 1. The summed E-state index contributed by atoms with van der Waals surface area (Å²) in [6.07, 6.45) is 0. The Morgan fingerprint density at radius 1 is 1.39 bits per heavy atom. The highest BCUT2D eigenvalue weighted by atomic mass is 19.1. The summed E-state index contributed by atoms with van der Waals surface area (Å²) in [6, 6.07) is 4.50. The number of hydrogen-bond donors (Lipinski definition) is 1. The van der Waals surface area contributed by atoms with Crippen LogP contribution in [-0.2, 0) is 9.53 Å². The molecule has 18 heavy (non-hydrogen) atoms. The molecular formula is C13H17FN2O2. The Morgan fingerprint density at radius 2 is 2.11 bits per heavy atom. The van der Waals surface area contributed by atoms with Gasteiger partial charge in [-0.3, -0.25) is 9.69 Å². The van der Waals surface area contributed by atoms with Crippen molar-refractivity contribution in [2.75, 3.05) is 38.2 Å². The van der Waals surface area contributed by atoms with Gasteiger partial charge in [-0.25, -0.2) is 4.39 Å². The molecule has 1 N–H and O–H groups in total. The number of rotatable bonds is 3. The largest absolute Gasteiger partial charge is 0.379 e. The van der Waals surface area contributed by atoms with Crippen molar-refractivity contribution in [1.29, 1.82) is 0 Å². The highest BCUT2D eigenvalue weighted by molar-refractivity contribution is 5.92. The molecule has 1 fully saturated rings. The van der Waals surface area contributed by atoms with Crippen molar-refractivity contribution in [3.05, 3.63) is 29.6 Å². The Bertz CT molecular complexity index is 411. The average Bonchev–Trinajstić information content (AvgIpc) is 2.28. The molecule has 98 valence electrons. The Hall–Kier alpha value is -1.46. The summed E-state index contributed by atoms with van der Waals surface area (Å²) >= 11 is 0. The number of anilines is 1. The van der Waals surface area contributed by atoms with Crippen LogP contribution in [0.25, 0.3) is 0 Å². The van der Waals surface area contributed by atoms with Crippen LogP contribution < -0.4 is 5.32 Å². The minimum Gasteiger partial charge on any atom is -0.379 e. The highest BCUT2D eigenvalue weighted by Crippen LogP contribution is 2.13. The lowest BCUT2D eigenvalue weighted by Crippen LogP contribution is -2.41. The van der Waals surface area contributed by atoms with E-state index in [9.17, 15) is 9.18 Å². The predicted octanol–water partition coefficient (Wildman–Crippen LogP) is 1.40. The van der Waals surface area contributed by atoms with Gasteiger partial charge in [0.15, 0.2) is 0 Å². The minimum absolute atomic E-state index is 0.123. The fraction of sp³-hybridized carbons (Fsp3) is 0.462. The van der Waals surface area contributed by atoms with Gasteiger partial charge < -0.3 is 10.1 Å². The second kappa shape index (κ2) is 5.93. The third-order valence-corrected chi connectivity index (χ3v) is 2.80. The number of benzene rings is 1. The van der Waals surface area contributed by atoms with Gasteiger partial charge in [0, 0.05) is 18.8 Å². The van der Waals surface area contributed by atoms with E-state index in [2.05, 4.69) is 5.32 Å². The van der Waals surface area contributed by atoms with Crippen molar-refractivity contribution in [3.8, 4) is 0 Å². The minimum atomic E-state index is -0.336. The molecule has 1 aromatic rings. The van der Waals surface area contributed by atoms with Crippen LogP contribution in [0.2, 0.25) is 0 Å². The second-order valence-electron chi connectivity index (χ2n) is 4.45. The molecular weight excluding hydrogens is 235 g/mol. The zero-order valence-electron chi connectivity index (χ0n) is 10.4. The monoisotopic (exact) mass is 252 g/mol. The molecule has 4 nitrogen and oxygen atoms in total. The van der Waals surface area contributed by atoms with E-state index >= 15 is 0 Å². The second-order valence-corrected chi connectivity index (χ2v) is 4.45. The van der Waals surface area contributed by atoms with E-state index < -0.39 is 0 Å². The van der Waals surface area contributed by atoms with Gasteiger partial charge in [0.2, 0.25) is 5.91 Å². The highest BCUT2D eigenvalue weighted by Gasteiger charge is 2.14. The lowest BCUT2D eigenvalue weighted by atomic mass is 10.2. The molecule has 1 aliphatic heterocycles. The summed E-state index contributed by atoms with van der Waals surface area (Å²) < 4.78 is 18.4. The van der Waals surface area contributed by atoms with Crippen molar-refractivity contribution in [3.63, 3.8) is 0 Å². The Labute approximate surface area is 106 Å². The maximum Gasteiger partial charge on any atom is 0.238 e.